The molecular formula is C28H38FNO. The number of carbonyl (C=O) groups is 1. The van der Waals surface area contributed by atoms with E-state index < -0.39 is 5.67 Å². The summed E-state index contributed by atoms with van der Waals surface area (Å²) in [6, 6.07) is 4.31. The van der Waals surface area contributed by atoms with Crippen LogP contribution in [0.1, 0.15) is 80.4 Å². The van der Waals surface area contributed by atoms with E-state index in [1.165, 1.54) is 22.3 Å². The summed E-state index contributed by atoms with van der Waals surface area (Å²) in [4.78, 5) is 15.5. The van der Waals surface area contributed by atoms with Crippen molar-refractivity contribution < 1.29 is 9.18 Å². The molecule has 1 aromatic rings. The molecule has 0 radical (unpaired) electrons. The zero-order valence-corrected chi connectivity index (χ0v) is 19.8. The number of hydrogen-bond acceptors (Lipinski definition) is 2. The van der Waals surface area contributed by atoms with Crippen LogP contribution < -0.4 is 0 Å². The number of rotatable bonds is 6. The van der Waals surface area contributed by atoms with E-state index in [-0.39, 0.29) is 11.7 Å². The maximum Gasteiger partial charge on any atom is 0.166 e. The molecule has 0 spiro atoms. The lowest BCUT2D eigenvalue weighted by molar-refractivity contribution is 0.0390. The number of benzene rings is 1. The van der Waals surface area contributed by atoms with E-state index in [1.54, 1.807) is 0 Å². The summed E-state index contributed by atoms with van der Waals surface area (Å²) in [5, 5.41) is 0. The summed E-state index contributed by atoms with van der Waals surface area (Å²) >= 11 is 0. The fraction of sp³-hybridized carbons (Fsp3) is 0.607. The molecule has 0 amide bonds. The fourth-order valence-corrected chi connectivity index (χ4v) is 6.01. The van der Waals surface area contributed by atoms with Gasteiger partial charge in [0.15, 0.2) is 5.78 Å². The summed E-state index contributed by atoms with van der Waals surface area (Å²) in [5.74, 6) is 0.589. The average molecular weight is 424 g/mol. The van der Waals surface area contributed by atoms with Gasteiger partial charge in [-0.05, 0) is 86.1 Å². The minimum absolute atomic E-state index is 0.175. The number of nitrogens with zero attached hydrogens (tertiary/aromatic N) is 1. The highest BCUT2D eigenvalue weighted by atomic mass is 19.1. The Morgan fingerprint density at radius 1 is 1.10 bits per heavy atom. The lowest BCUT2D eigenvalue weighted by atomic mass is 9.82. The normalized spacial score (nSPS) is 25.9. The minimum Gasteiger partial charge on any atom is -0.299 e. The molecule has 168 valence electrons. The Labute approximate surface area is 187 Å². The third kappa shape index (κ3) is 4.87. The maximum atomic E-state index is 15.8. The molecule has 1 aliphatic heterocycles. The lowest BCUT2D eigenvalue weighted by Crippen LogP contribution is -2.43. The van der Waals surface area contributed by atoms with Crippen molar-refractivity contribution in [3.63, 3.8) is 0 Å². The Bertz CT molecular complexity index is 904. The first-order chi connectivity index (χ1) is 14.8. The zero-order chi connectivity index (χ0) is 22.2. The van der Waals surface area contributed by atoms with Crippen molar-refractivity contribution in [2.24, 2.45) is 11.8 Å². The van der Waals surface area contributed by atoms with E-state index in [0.29, 0.717) is 25.2 Å². The van der Waals surface area contributed by atoms with Gasteiger partial charge in [0.2, 0.25) is 0 Å². The highest BCUT2D eigenvalue weighted by Gasteiger charge is 2.41. The zero-order valence-electron chi connectivity index (χ0n) is 19.8. The molecule has 4 rings (SSSR count). The first-order valence-corrected chi connectivity index (χ1v) is 12.3. The Morgan fingerprint density at radius 2 is 1.77 bits per heavy atom. The Hall–Kier alpha value is -1.74. The fourth-order valence-electron chi connectivity index (χ4n) is 6.01. The topological polar surface area (TPSA) is 20.3 Å². The van der Waals surface area contributed by atoms with Gasteiger partial charge in [-0.3, -0.25) is 9.69 Å². The summed E-state index contributed by atoms with van der Waals surface area (Å²) < 4.78 is 15.8. The van der Waals surface area contributed by atoms with Crippen LogP contribution in [0.4, 0.5) is 4.39 Å². The second-order valence-electron chi connectivity index (χ2n) is 10.3. The van der Waals surface area contributed by atoms with Crippen molar-refractivity contribution in [1.82, 2.24) is 4.90 Å². The number of allylic oxidation sites excluding steroid dienone is 2. The van der Waals surface area contributed by atoms with Crippen LogP contribution in [0.15, 0.2) is 35.4 Å². The molecule has 3 aliphatic rings. The Morgan fingerprint density at radius 3 is 2.42 bits per heavy atom. The first kappa shape index (κ1) is 22.5. The van der Waals surface area contributed by atoms with Crippen molar-refractivity contribution in [1.29, 1.82) is 0 Å². The van der Waals surface area contributed by atoms with Gasteiger partial charge >= 0.3 is 0 Å². The van der Waals surface area contributed by atoms with Crippen molar-refractivity contribution in [3.8, 4) is 0 Å². The molecule has 31 heavy (non-hydrogen) atoms. The molecule has 1 heterocycles. The number of fused-ring (bicyclic) bond motifs is 1. The summed E-state index contributed by atoms with van der Waals surface area (Å²) in [6.45, 7) is 11.3. The number of likely N-dealkylation sites (tertiary alicyclic amines) is 1. The van der Waals surface area contributed by atoms with Gasteiger partial charge in [0, 0.05) is 31.1 Å². The summed E-state index contributed by atoms with van der Waals surface area (Å²) in [5.41, 5.74) is 6.23. The van der Waals surface area contributed by atoms with E-state index in [0.717, 1.165) is 56.4 Å². The van der Waals surface area contributed by atoms with Gasteiger partial charge in [-0.25, -0.2) is 4.39 Å². The number of aryl methyl sites for hydroxylation is 2. The van der Waals surface area contributed by atoms with E-state index in [2.05, 4.69) is 56.9 Å². The van der Waals surface area contributed by atoms with Crippen LogP contribution >= 0.6 is 0 Å². The largest absolute Gasteiger partial charge is 0.299 e. The Kier molecular flexibility index (Phi) is 6.53. The average Bonchev–Trinajstić information content (AvgIpc) is 3.02. The van der Waals surface area contributed by atoms with E-state index >= 15 is 4.39 Å². The SMILES string of the molecule is CCc1cc2c(cc1CC)C(=O)C(CC1(F)CCN(CC3=CC(C)CC(C)=C3)CC1)C2. The Balaban J connectivity index is 1.37. The monoisotopic (exact) mass is 423 g/mol. The van der Waals surface area contributed by atoms with Gasteiger partial charge in [-0.15, -0.1) is 0 Å². The lowest BCUT2D eigenvalue weighted by Gasteiger charge is -2.38. The van der Waals surface area contributed by atoms with Gasteiger partial charge in [-0.1, -0.05) is 44.6 Å². The number of Topliss-reactive ketones (excluding diaryl/α,β-unsaturated/α-hetero) is 1. The van der Waals surface area contributed by atoms with E-state index in [1.807, 2.05) is 0 Å². The molecule has 1 aromatic carbocycles. The van der Waals surface area contributed by atoms with Crippen molar-refractivity contribution >= 4 is 5.78 Å². The molecule has 2 atom stereocenters. The van der Waals surface area contributed by atoms with Crippen LogP contribution in [0.25, 0.3) is 0 Å². The standard InChI is InChI=1S/C28H38FNO/c1-5-22-14-24-15-25(27(31)26(24)16-23(22)6-2)17-28(29)7-9-30(10-8-28)18-21-12-19(3)11-20(4)13-21/h12-14,16,19,25H,5-11,15,17-18H2,1-4H3. The summed E-state index contributed by atoms with van der Waals surface area (Å²) in [6.07, 6.45) is 9.94. The molecule has 3 heteroatoms. The minimum atomic E-state index is -1.21. The van der Waals surface area contributed by atoms with Gasteiger partial charge in [0.05, 0.1) is 0 Å². The number of hydrogen-bond donors (Lipinski definition) is 0. The number of piperidine rings is 1. The van der Waals surface area contributed by atoms with E-state index in [9.17, 15) is 4.79 Å². The molecule has 2 unspecified atom stereocenters. The third-order valence-electron chi connectivity index (χ3n) is 7.63. The highest BCUT2D eigenvalue weighted by molar-refractivity contribution is 6.02. The molecular weight excluding hydrogens is 385 g/mol. The predicted molar refractivity (Wildman–Crippen MR) is 126 cm³/mol. The van der Waals surface area contributed by atoms with Crippen LogP contribution in [0.2, 0.25) is 0 Å². The highest BCUT2D eigenvalue weighted by Crippen LogP contribution is 2.39. The maximum absolute atomic E-state index is 15.8. The first-order valence-electron chi connectivity index (χ1n) is 12.3. The van der Waals surface area contributed by atoms with Gasteiger partial charge in [-0.2, -0.15) is 0 Å². The molecule has 0 aromatic heterocycles. The molecule has 2 nitrogen and oxygen atoms in total. The van der Waals surface area contributed by atoms with Crippen LogP contribution in [0, 0.1) is 11.8 Å². The molecule has 2 aliphatic carbocycles. The molecule has 1 fully saturated rings. The smallest absolute Gasteiger partial charge is 0.166 e. The van der Waals surface area contributed by atoms with E-state index in [4.69, 9.17) is 0 Å². The van der Waals surface area contributed by atoms with Crippen LogP contribution in [0.5, 0.6) is 0 Å². The number of ketones is 1. The molecule has 0 bridgehead atoms. The second kappa shape index (κ2) is 9.02. The molecule has 0 saturated carbocycles. The number of halogens is 1. The van der Waals surface area contributed by atoms with Crippen LogP contribution in [-0.2, 0) is 19.3 Å². The predicted octanol–water partition coefficient (Wildman–Crippen LogP) is 6.27. The van der Waals surface area contributed by atoms with Crippen molar-refractivity contribution in [2.75, 3.05) is 19.6 Å². The third-order valence-corrected chi connectivity index (χ3v) is 7.63. The quantitative estimate of drug-likeness (QED) is 0.537. The van der Waals surface area contributed by atoms with Gasteiger partial charge in [0.25, 0.3) is 0 Å². The van der Waals surface area contributed by atoms with Crippen LogP contribution in [0.3, 0.4) is 0 Å². The molecule has 1 saturated heterocycles. The van der Waals surface area contributed by atoms with Crippen molar-refractivity contribution in [3.05, 3.63) is 57.7 Å². The van der Waals surface area contributed by atoms with Gasteiger partial charge in [0.1, 0.15) is 5.67 Å². The second-order valence-corrected chi connectivity index (χ2v) is 10.3. The number of alkyl halides is 1. The number of carbonyl (C=O) groups excluding carboxylic acids is 1. The molecule has 0 N–H and O–H groups in total. The summed E-state index contributed by atoms with van der Waals surface area (Å²) in [7, 11) is 0. The van der Waals surface area contributed by atoms with Crippen LogP contribution in [-0.4, -0.2) is 36.0 Å². The van der Waals surface area contributed by atoms with Crippen molar-refractivity contribution in [2.45, 2.75) is 78.3 Å². The van der Waals surface area contributed by atoms with Gasteiger partial charge < -0.3 is 0 Å².